The van der Waals surface area contributed by atoms with E-state index in [9.17, 15) is 9.59 Å². The fraction of sp³-hybridized carbons (Fsp3) is 0.0909. The first-order valence-corrected chi connectivity index (χ1v) is 8.63. The molecule has 0 spiro atoms. The molecule has 0 aliphatic carbocycles. The largest absolute Gasteiger partial charge is 0.497 e. The van der Waals surface area contributed by atoms with Gasteiger partial charge in [-0.25, -0.2) is 0 Å². The molecule has 2 aromatic heterocycles. The standard InChI is InChI=1S/C22H17NO5/c1-13-3-9-20(27-13)22(25)23-15-6-4-14(5-7-15)21-12-18(24)17-11-16(26-2)8-10-19(17)28-21/h3-12H,1-2H3,(H,23,25). The zero-order valence-electron chi connectivity index (χ0n) is 15.3. The van der Waals surface area contributed by atoms with Gasteiger partial charge in [0.25, 0.3) is 5.91 Å². The van der Waals surface area contributed by atoms with Crippen LogP contribution in [-0.2, 0) is 0 Å². The zero-order valence-corrected chi connectivity index (χ0v) is 15.3. The minimum atomic E-state index is -0.327. The summed E-state index contributed by atoms with van der Waals surface area (Å²) in [4.78, 5) is 24.6. The molecule has 0 aliphatic rings. The van der Waals surface area contributed by atoms with E-state index in [1.807, 2.05) is 0 Å². The number of nitrogens with one attached hydrogen (secondary N) is 1. The first-order valence-electron chi connectivity index (χ1n) is 8.63. The molecule has 6 nitrogen and oxygen atoms in total. The fourth-order valence-corrected chi connectivity index (χ4v) is 2.87. The average Bonchev–Trinajstić information content (AvgIpc) is 3.15. The van der Waals surface area contributed by atoms with Crippen LogP contribution in [0.25, 0.3) is 22.3 Å². The van der Waals surface area contributed by atoms with Crippen LogP contribution in [0.15, 0.2) is 74.3 Å². The van der Waals surface area contributed by atoms with Gasteiger partial charge in [-0.15, -0.1) is 0 Å². The van der Waals surface area contributed by atoms with Gasteiger partial charge in [-0.1, -0.05) is 0 Å². The lowest BCUT2D eigenvalue weighted by Gasteiger charge is -2.07. The Bertz CT molecular complexity index is 1220. The summed E-state index contributed by atoms with van der Waals surface area (Å²) in [5.41, 5.74) is 1.66. The Morgan fingerprint density at radius 1 is 0.964 bits per heavy atom. The van der Waals surface area contributed by atoms with Crippen molar-refractivity contribution in [2.24, 2.45) is 0 Å². The number of benzene rings is 2. The van der Waals surface area contributed by atoms with Crippen molar-refractivity contribution in [1.29, 1.82) is 0 Å². The van der Waals surface area contributed by atoms with Crippen molar-refractivity contribution in [3.05, 3.63) is 82.4 Å². The molecule has 2 heterocycles. The van der Waals surface area contributed by atoms with E-state index in [0.717, 1.165) is 5.56 Å². The van der Waals surface area contributed by atoms with Crippen LogP contribution < -0.4 is 15.5 Å². The number of furan rings is 1. The summed E-state index contributed by atoms with van der Waals surface area (Å²) < 4.78 is 16.3. The first-order chi connectivity index (χ1) is 13.5. The molecule has 0 atom stereocenters. The smallest absolute Gasteiger partial charge is 0.291 e. The second-order valence-electron chi connectivity index (χ2n) is 6.28. The van der Waals surface area contributed by atoms with E-state index in [1.165, 1.54) is 6.07 Å². The SMILES string of the molecule is COc1ccc2oc(-c3ccc(NC(=O)c4ccc(C)o4)cc3)cc(=O)c2c1. The molecule has 0 saturated carbocycles. The number of amides is 1. The van der Waals surface area contributed by atoms with Gasteiger partial charge in [-0.3, -0.25) is 9.59 Å². The molecular formula is C22H17NO5. The van der Waals surface area contributed by atoms with Crippen LogP contribution in [0.4, 0.5) is 5.69 Å². The number of fused-ring (bicyclic) bond motifs is 1. The minimum Gasteiger partial charge on any atom is -0.497 e. The lowest BCUT2D eigenvalue weighted by molar-refractivity contribution is 0.0995. The van der Waals surface area contributed by atoms with Crippen LogP contribution in [-0.4, -0.2) is 13.0 Å². The van der Waals surface area contributed by atoms with Gasteiger partial charge in [-0.05, 0) is 61.5 Å². The molecule has 1 amide bonds. The maximum absolute atomic E-state index is 12.4. The molecule has 2 aromatic carbocycles. The van der Waals surface area contributed by atoms with Crippen molar-refractivity contribution in [3.63, 3.8) is 0 Å². The quantitative estimate of drug-likeness (QED) is 0.563. The predicted octanol–water partition coefficient (Wildman–Crippen LogP) is 4.62. The summed E-state index contributed by atoms with van der Waals surface area (Å²) in [6.45, 7) is 1.78. The lowest BCUT2D eigenvalue weighted by Crippen LogP contribution is -2.10. The van der Waals surface area contributed by atoms with Crippen LogP contribution in [0.2, 0.25) is 0 Å². The molecule has 0 aliphatic heterocycles. The van der Waals surface area contributed by atoms with Gasteiger partial charge in [0.05, 0.1) is 12.5 Å². The van der Waals surface area contributed by atoms with Gasteiger partial charge in [0.1, 0.15) is 22.9 Å². The molecule has 6 heteroatoms. The van der Waals surface area contributed by atoms with Gasteiger partial charge in [0.15, 0.2) is 11.2 Å². The maximum atomic E-state index is 12.4. The third kappa shape index (κ3) is 3.40. The molecule has 140 valence electrons. The number of anilines is 1. The molecular weight excluding hydrogens is 358 g/mol. The number of carbonyl (C=O) groups is 1. The summed E-state index contributed by atoms with van der Waals surface area (Å²) in [6, 6.07) is 16.9. The molecule has 0 unspecified atom stereocenters. The summed E-state index contributed by atoms with van der Waals surface area (Å²) in [5, 5.41) is 3.22. The normalized spacial score (nSPS) is 10.8. The van der Waals surface area contributed by atoms with E-state index in [4.69, 9.17) is 13.6 Å². The van der Waals surface area contributed by atoms with Crippen LogP contribution in [0, 0.1) is 6.92 Å². The van der Waals surface area contributed by atoms with Crippen LogP contribution in [0.5, 0.6) is 5.75 Å². The molecule has 0 fully saturated rings. The highest BCUT2D eigenvalue weighted by molar-refractivity contribution is 6.02. The second kappa shape index (κ2) is 7.08. The Morgan fingerprint density at radius 2 is 1.75 bits per heavy atom. The van der Waals surface area contributed by atoms with Gasteiger partial charge < -0.3 is 18.9 Å². The first kappa shape index (κ1) is 17.6. The molecule has 4 aromatic rings. The van der Waals surface area contributed by atoms with Crippen molar-refractivity contribution in [2.45, 2.75) is 6.92 Å². The molecule has 0 radical (unpaired) electrons. The van der Waals surface area contributed by atoms with E-state index in [1.54, 1.807) is 68.6 Å². The maximum Gasteiger partial charge on any atom is 0.291 e. The number of hydrogen-bond donors (Lipinski definition) is 1. The summed E-state index contributed by atoms with van der Waals surface area (Å²) in [6.07, 6.45) is 0. The van der Waals surface area contributed by atoms with E-state index >= 15 is 0 Å². The predicted molar refractivity (Wildman–Crippen MR) is 106 cm³/mol. The number of ether oxygens (including phenoxy) is 1. The highest BCUT2D eigenvalue weighted by Gasteiger charge is 2.11. The number of hydrogen-bond acceptors (Lipinski definition) is 5. The van der Waals surface area contributed by atoms with Crippen molar-refractivity contribution in [2.75, 3.05) is 12.4 Å². The van der Waals surface area contributed by atoms with Crippen molar-refractivity contribution in [1.82, 2.24) is 0 Å². The number of methoxy groups -OCH3 is 1. The molecule has 0 bridgehead atoms. The van der Waals surface area contributed by atoms with E-state index < -0.39 is 0 Å². The van der Waals surface area contributed by atoms with Crippen molar-refractivity contribution >= 4 is 22.6 Å². The monoisotopic (exact) mass is 375 g/mol. The summed E-state index contributed by atoms with van der Waals surface area (Å²) >= 11 is 0. The number of carbonyl (C=O) groups excluding carboxylic acids is 1. The summed E-state index contributed by atoms with van der Waals surface area (Å²) in [5.74, 6) is 1.63. The van der Waals surface area contributed by atoms with E-state index in [0.29, 0.717) is 33.9 Å². The second-order valence-corrected chi connectivity index (χ2v) is 6.28. The highest BCUT2D eigenvalue weighted by atomic mass is 16.5. The number of rotatable bonds is 4. The average molecular weight is 375 g/mol. The Kier molecular flexibility index (Phi) is 4.45. The van der Waals surface area contributed by atoms with Crippen molar-refractivity contribution in [3.8, 4) is 17.1 Å². The Hall–Kier alpha value is -3.80. The Balaban J connectivity index is 1.60. The summed E-state index contributed by atoms with van der Waals surface area (Å²) in [7, 11) is 1.55. The molecule has 28 heavy (non-hydrogen) atoms. The van der Waals surface area contributed by atoms with Crippen LogP contribution in [0.3, 0.4) is 0 Å². The van der Waals surface area contributed by atoms with E-state index in [-0.39, 0.29) is 17.1 Å². The topological polar surface area (TPSA) is 81.7 Å². The Labute approximate surface area is 160 Å². The lowest BCUT2D eigenvalue weighted by atomic mass is 10.1. The third-order valence-corrected chi connectivity index (χ3v) is 4.33. The minimum absolute atomic E-state index is 0.152. The highest BCUT2D eigenvalue weighted by Crippen LogP contribution is 2.25. The zero-order chi connectivity index (χ0) is 19.7. The van der Waals surface area contributed by atoms with Gasteiger partial charge >= 0.3 is 0 Å². The Morgan fingerprint density at radius 3 is 2.43 bits per heavy atom. The molecule has 1 N–H and O–H groups in total. The van der Waals surface area contributed by atoms with Gasteiger partial charge in [0, 0.05) is 17.3 Å². The van der Waals surface area contributed by atoms with Gasteiger partial charge in [0.2, 0.25) is 0 Å². The fourth-order valence-electron chi connectivity index (χ4n) is 2.87. The van der Waals surface area contributed by atoms with Gasteiger partial charge in [-0.2, -0.15) is 0 Å². The molecule has 4 rings (SSSR count). The van der Waals surface area contributed by atoms with Crippen LogP contribution >= 0.6 is 0 Å². The van der Waals surface area contributed by atoms with Crippen LogP contribution in [0.1, 0.15) is 16.3 Å². The third-order valence-electron chi connectivity index (χ3n) is 4.33. The number of aryl methyl sites for hydroxylation is 1. The van der Waals surface area contributed by atoms with Crippen molar-refractivity contribution < 1.29 is 18.4 Å². The van der Waals surface area contributed by atoms with E-state index in [2.05, 4.69) is 5.32 Å². The molecule has 0 saturated heterocycles.